The fourth-order valence-electron chi connectivity index (χ4n) is 4.16. The Morgan fingerprint density at radius 2 is 1.31 bits per heavy atom. The molecule has 1 aromatic heterocycles. The van der Waals surface area contributed by atoms with Crippen molar-refractivity contribution in [1.29, 1.82) is 0 Å². The van der Waals surface area contributed by atoms with Gasteiger partial charge in [0.15, 0.2) is 23.0 Å². The van der Waals surface area contributed by atoms with Crippen molar-refractivity contribution in [3.63, 3.8) is 0 Å². The molecule has 0 bridgehead atoms. The number of hydrogen-bond donors (Lipinski definition) is 0. The van der Waals surface area contributed by atoms with Gasteiger partial charge in [-0.2, -0.15) is 13.2 Å². The van der Waals surface area contributed by atoms with Crippen LogP contribution >= 0.6 is 0 Å². The molecule has 0 spiro atoms. The standard InChI is InChI=1S/C28H19F3O5/c29-28(30,31)20-8-4-17(5-9-20)2-1-3-21-14-22(18-6-10-23-25(12-18)34-15-32-23)27(36-21)19-7-11-24-26(13-19)35-16-33-24/h1,3-14H,2,15-16H2/b3-1+. The van der Waals surface area contributed by atoms with Crippen molar-refractivity contribution >= 4 is 6.08 Å². The van der Waals surface area contributed by atoms with Crippen molar-refractivity contribution in [2.45, 2.75) is 12.6 Å². The van der Waals surface area contributed by atoms with E-state index in [1.807, 2.05) is 54.6 Å². The summed E-state index contributed by atoms with van der Waals surface area (Å²) in [5.74, 6) is 3.89. The number of rotatable bonds is 5. The van der Waals surface area contributed by atoms with Crippen LogP contribution in [0.3, 0.4) is 0 Å². The number of benzene rings is 3. The second-order valence-corrected chi connectivity index (χ2v) is 8.33. The number of fused-ring (bicyclic) bond motifs is 2. The first-order chi connectivity index (χ1) is 17.4. The van der Waals surface area contributed by atoms with Gasteiger partial charge in [-0.05, 0) is 72.2 Å². The maximum atomic E-state index is 12.8. The van der Waals surface area contributed by atoms with Gasteiger partial charge in [0.2, 0.25) is 13.6 Å². The summed E-state index contributed by atoms with van der Waals surface area (Å²) >= 11 is 0. The third-order valence-corrected chi connectivity index (χ3v) is 5.99. The molecule has 0 saturated carbocycles. The third-order valence-electron chi connectivity index (χ3n) is 5.99. The maximum Gasteiger partial charge on any atom is 0.416 e. The van der Waals surface area contributed by atoms with E-state index in [9.17, 15) is 13.2 Å². The minimum absolute atomic E-state index is 0.171. The van der Waals surface area contributed by atoms with Gasteiger partial charge in [-0.25, -0.2) is 0 Å². The molecule has 0 radical (unpaired) electrons. The van der Waals surface area contributed by atoms with Crippen molar-refractivity contribution in [3.8, 4) is 45.4 Å². The summed E-state index contributed by atoms with van der Waals surface area (Å²) in [6.07, 6.45) is -0.227. The minimum Gasteiger partial charge on any atom is -0.456 e. The molecular formula is C28H19F3O5. The zero-order valence-corrected chi connectivity index (χ0v) is 18.8. The number of ether oxygens (including phenoxy) is 4. The van der Waals surface area contributed by atoms with Crippen LogP contribution in [0.5, 0.6) is 23.0 Å². The lowest BCUT2D eigenvalue weighted by Crippen LogP contribution is -2.04. The van der Waals surface area contributed by atoms with Gasteiger partial charge in [-0.15, -0.1) is 0 Å². The van der Waals surface area contributed by atoms with Gasteiger partial charge in [-0.1, -0.05) is 24.3 Å². The van der Waals surface area contributed by atoms with E-state index < -0.39 is 11.7 Å². The molecule has 182 valence electrons. The van der Waals surface area contributed by atoms with Crippen LogP contribution in [0.4, 0.5) is 13.2 Å². The van der Waals surface area contributed by atoms with Gasteiger partial charge in [-0.3, -0.25) is 0 Å². The summed E-state index contributed by atoms with van der Waals surface area (Å²) in [6.45, 7) is 0.348. The Hall–Kier alpha value is -4.33. The van der Waals surface area contributed by atoms with E-state index >= 15 is 0 Å². The molecule has 0 aliphatic carbocycles. The summed E-state index contributed by atoms with van der Waals surface area (Å²) in [5.41, 5.74) is 2.65. The predicted molar refractivity (Wildman–Crippen MR) is 126 cm³/mol. The Morgan fingerprint density at radius 1 is 0.694 bits per heavy atom. The van der Waals surface area contributed by atoms with Crippen molar-refractivity contribution in [2.75, 3.05) is 13.6 Å². The predicted octanol–water partition coefficient (Wildman–Crippen LogP) is 7.35. The molecule has 3 aromatic carbocycles. The van der Waals surface area contributed by atoms with E-state index in [1.165, 1.54) is 12.1 Å². The summed E-state index contributed by atoms with van der Waals surface area (Å²) < 4.78 is 66.6. The first kappa shape index (κ1) is 22.2. The van der Waals surface area contributed by atoms with Crippen LogP contribution in [-0.4, -0.2) is 13.6 Å². The second kappa shape index (κ2) is 8.71. The van der Waals surface area contributed by atoms with Crippen molar-refractivity contribution in [2.24, 2.45) is 0 Å². The minimum atomic E-state index is -4.35. The van der Waals surface area contributed by atoms with Crippen molar-refractivity contribution in [3.05, 3.63) is 89.7 Å². The van der Waals surface area contributed by atoms with Crippen LogP contribution in [-0.2, 0) is 12.6 Å². The Labute approximate surface area is 204 Å². The molecule has 0 N–H and O–H groups in total. The van der Waals surface area contributed by atoms with Crippen molar-refractivity contribution in [1.82, 2.24) is 0 Å². The first-order valence-electron chi connectivity index (χ1n) is 11.2. The number of hydrogen-bond acceptors (Lipinski definition) is 5. The highest BCUT2D eigenvalue weighted by Gasteiger charge is 2.29. The number of furan rings is 1. The van der Waals surface area contributed by atoms with Crippen LogP contribution in [0.15, 0.2) is 77.2 Å². The van der Waals surface area contributed by atoms with E-state index in [0.717, 1.165) is 34.4 Å². The van der Waals surface area contributed by atoms with Crippen LogP contribution in [0, 0.1) is 0 Å². The SMILES string of the molecule is FC(F)(F)c1ccc(C/C=C/c2cc(-c3ccc4c(c3)OCO4)c(-c3ccc4c(c3)OCO4)o2)cc1. The fourth-order valence-corrected chi connectivity index (χ4v) is 4.16. The van der Waals surface area contributed by atoms with Gasteiger partial charge in [0, 0.05) is 11.1 Å². The highest BCUT2D eigenvalue weighted by molar-refractivity contribution is 5.83. The van der Waals surface area contributed by atoms with Crippen LogP contribution in [0.25, 0.3) is 28.5 Å². The van der Waals surface area contributed by atoms with E-state index in [4.69, 9.17) is 23.4 Å². The quantitative estimate of drug-likeness (QED) is 0.292. The summed E-state index contributed by atoms with van der Waals surface area (Å²) in [6, 6.07) is 18.3. The first-order valence-corrected chi connectivity index (χ1v) is 11.2. The third kappa shape index (κ3) is 4.26. The number of allylic oxidation sites excluding steroid dienone is 1. The largest absolute Gasteiger partial charge is 0.456 e. The van der Waals surface area contributed by atoms with Crippen LogP contribution < -0.4 is 18.9 Å². The average molecular weight is 492 g/mol. The number of alkyl halides is 3. The lowest BCUT2D eigenvalue weighted by Gasteiger charge is -2.06. The molecule has 5 nitrogen and oxygen atoms in total. The topological polar surface area (TPSA) is 50.1 Å². The Morgan fingerprint density at radius 3 is 1.97 bits per heavy atom. The molecule has 3 heterocycles. The monoisotopic (exact) mass is 492 g/mol. The zero-order chi connectivity index (χ0) is 24.7. The van der Waals surface area contributed by atoms with E-state index in [2.05, 4.69) is 0 Å². The molecule has 2 aliphatic rings. The molecule has 2 aliphatic heterocycles. The van der Waals surface area contributed by atoms with Gasteiger partial charge in [0.1, 0.15) is 11.5 Å². The summed E-state index contributed by atoms with van der Waals surface area (Å²) in [5, 5.41) is 0. The van der Waals surface area contributed by atoms with E-state index in [-0.39, 0.29) is 13.6 Å². The molecule has 0 fully saturated rings. The maximum absolute atomic E-state index is 12.8. The van der Waals surface area contributed by atoms with Crippen LogP contribution in [0.1, 0.15) is 16.9 Å². The Kier molecular flexibility index (Phi) is 5.36. The number of halogens is 3. The highest BCUT2D eigenvalue weighted by Crippen LogP contribution is 2.43. The Balaban J connectivity index is 1.32. The normalized spacial score (nSPS) is 14.1. The molecule has 0 unspecified atom stereocenters. The zero-order valence-electron chi connectivity index (χ0n) is 18.8. The molecule has 8 heteroatoms. The molecule has 6 rings (SSSR count). The summed E-state index contributed by atoms with van der Waals surface area (Å²) in [7, 11) is 0. The van der Waals surface area contributed by atoms with Crippen molar-refractivity contribution < 1.29 is 36.5 Å². The molecular weight excluding hydrogens is 473 g/mol. The molecule has 0 amide bonds. The van der Waals surface area contributed by atoms with Gasteiger partial charge in [0.05, 0.1) is 5.56 Å². The van der Waals surface area contributed by atoms with Gasteiger partial charge < -0.3 is 23.4 Å². The van der Waals surface area contributed by atoms with Gasteiger partial charge in [0.25, 0.3) is 0 Å². The summed E-state index contributed by atoms with van der Waals surface area (Å²) in [4.78, 5) is 0. The molecule has 0 saturated heterocycles. The van der Waals surface area contributed by atoms with Gasteiger partial charge >= 0.3 is 6.18 Å². The smallest absolute Gasteiger partial charge is 0.416 e. The average Bonchev–Trinajstić information content (AvgIpc) is 3.62. The fraction of sp³-hybridized carbons (Fsp3) is 0.143. The van der Waals surface area contributed by atoms with E-state index in [0.29, 0.717) is 40.9 Å². The molecule has 36 heavy (non-hydrogen) atoms. The Bertz CT molecular complexity index is 1380. The lowest BCUT2D eigenvalue weighted by atomic mass is 10.0. The second-order valence-electron chi connectivity index (χ2n) is 8.33. The van der Waals surface area contributed by atoms with E-state index in [1.54, 1.807) is 0 Å². The molecule has 4 aromatic rings. The highest BCUT2D eigenvalue weighted by atomic mass is 19.4. The van der Waals surface area contributed by atoms with Crippen LogP contribution in [0.2, 0.25) is 0 Å². The molecule has 0 atom stereocenters. The lowest BCUT2D eigenvalue weighted by molar-refractivity contribution is -0.137.